The van der Waals surface area contributed by atoms with E-state index >= 15 is 0 Å². The Balaban J connectivity index is 1.23. The highest BCUT2D eigenvalue weighted by Gasteiger charge is 2.35. The second kappa shape index (κ2) is 10.7. The van der Waals surface area contributed by atoms with Gasteiger partial charge in [-0.1, -0.05) is 0 Å². The maximum atomic E-state index is 13.4. The number of carbonyl (C=O) groups excluding carboxylic acids is 2. The second-order valence-corrected chi connectivity index (χ2v) is 11.7. The number of thiophene rings is 1. The van der Waals surface area contributed by atoms with Crippen LogP contribution in [0.2, 0.25) is 0 Å². The van der Waals surface area contributed by atoms with E-state index in [0.717, 1.165) is 29.7 Å². The van der Waals surface area contributed by atoms with Crippen LogP contribution in [0.5, 0.6) is 5.88 Å². The summed E-state index contributed by atoms with van der Waals surface area (Å²) in [7, 11) is 1.58. The predicted octanol–water partition coefficient (Wildman–Crippen LogP) is 3.97. The molecule has 2 fully saturated rings. The Morgan fingerprint density at radius 2 is 2.05 bits per heavy atom. The van der Waals surface area contributed by atoms with Gasteiger partial charge in [-0.25, -0.2) is 9.07 Å². The maximum Gasteiger partial charge on any atom is 0.388 e. The van der Waals surface area contributed by atoms with E-state index < -0.39 is 12.8 Å². The van der Waals surface area contributed by atoms with Crippen molar-refractivity contribution in [3.05, 3.63) is 28.4 Å². The Morgan fingerprint density at radius 3 is 2.77 bits per heavy atom. The zero-order valence-corrected chi connectivity index (χ0v) is 22.5. The van der Waals surface area contributed by atoms with Crippen molar-refractivity contribution in [2.75, 3.05) is 17.2 Å². The van der Waals surface area contributed by atoms with Gasteiger partial charge in [0, 0.05) is 36.5 Å². The van der Waals surface area contributed by atoms with E-state index in [2.05, 4.69) is 36.0 Å². The van der Waals surface area contributed by atoms with Crippen LogP contribution in [0.15, 0.2) is 12.4 Å². The fraction of sp³-hybridized carbons (Fsp3) is 0.560. The number of carbonyl (C=O) groups is 2. The van der Waals surface area contributed by atoms with Crippen molar-refractivity contribution in [2.24, 2.45) is 18.9 Å². The molecular formula is C25H29F3N8O3S. The second-order valence-electron chi connectivity index (χ2n) is 10.6. The minimum absolute atomic E-state index is 0.0106. The number of anilines is 3. The summed E-state index contributed by atoms with van der Waals surface area (Å²) in [4.78, 5) is 27.1. The SMILES string of the molecule is Cn1nc(OC(F)F)cc1Nc1nncn1[C@H]1CCc2sc(NC(=O)C3CC3)c(C(=O)NC[C@H]3C[C@H](F)C3)c2C1. The molecule has 0 saturated heterocycles. The van der Waals surface area contributed by atoms with Crippen LogP contribution in [0, 0.1) is 11.8 Å². The molecular weight excluding hydrogens is 549 g/mol. The number of hydrogen-bond donors (Lipinski definition) is 3. The number of ether oxygens (including phenoxy) is 1. The Kier molecular flexibility index (Phi) is 7.15. The number of amides is 2. The molecule has 0 aliphatic heterocycles. The first-order chi connectivity index (χ1) is 19.2. The minimum Gasteiger partial charge on any atom is -0.415 e. The fourth-order valence-electron chi connectivity index (χ4n) is 5.26. The van der Waals surface area contributed by atoms with Gasteiger partial charge >= 0.3 is 6.61 Å². The van der Waals surface area contributed by atoms with Gasteiger partial charge in [0.15, 0.2) is 0 Å². The minimum atomic E-state index is -2.99. The summed E-state index contributed by atoms with van der Waals surface area (Å²) in [5, 5.41) is 21.7. The Bertz CT molecular complexity index is 1410. The molecule has 15 heteroatoms. The standard InChI is InChI=1S/C25H29F3N8O3S/c1-35-18(9-19(34-35)39-24(27)28)31-25-33-30-11-36(25)15-4-5-17-16(8-15)20(22(38)29-10-12-6-14(26)7-12)23(40-17)32-21(37)13-2-3-13/h9,11-15,24H,2-8,10H2,1H3,(H,29,38)(H,31,33)(H,32,37)/t12-,14-,15-/m0/s1. The molecule has 6 rings (SSSR count). The number of fused-ring (bicyclic) bond motifs is 1. The lowest BCUT2D eigenvalue weighted by atomic mass is 9.83. The number of nitrogens with zero attached hydrogens (tertiary/aromatic N) is 5. The number of aromatic nitrogens is 5. The van der Waals surface area contributed by atoms with Crippen molar-refractivity contribution in [1.82, 2.24) is 29.9 Å². The summed E-state index contributed by atoms with van der Waals surface area (Å²) in [6.45, 7) is -2.60. The zero-order valence-electron chi connectivity index (χ0n) is 21.7. The van der Waals surface area contributed by atoms with E-state index in [9.17, 15) is 22.8 Å². The van der Waals surface area contributed by atoms with Crippen LogP contribution < -0.4 is 20.7 Å². The van der Waals surface area contributed by atoms with Gasteiger partial charge in [0.2, 0.25) is 17.7 Å². The molecule has 3 aromatic rings. The van der Waals surface area contributed by atoms with Crippen molar-refractivity contribution >= 4 is 39.9 Å². The lowest BCUT2D eigenvalue weighted by molar-refractivity contribution is -0.117. The van der Waals surface area contributed by atoms with Crippen LogP contribution in [0.25, 0.3) is 0 Å². The molecule has 3 N–H and O–H groups in total. The summed E-state index contributed by atoms with van der Waals surface area (Å²) < 4.78 is 46.1. The third kappa shape index (κ3) is 5.51. The van der Waals surface area contributed by atoms with Gasteiger partial charge in [-0.3, -0.25) is 14.2 Å². The van der Waals surface area contributed by atoms with E-state index in [-0.39, 0.29) is 35.6 Å². The number of halogens is 3. The summed E-state index contributed by atoms with van der Waals surface area (Å²) in [6, 6.07) is 1.23. The van der Waals surface area contributed by atoms with Crippen LogP contribution in [0.4, 0.5) is 29.9 Å². The fourth-order valence-corrected chi connectivity index (χ4v) is 6.50. The van der Waals surface area contributed by atoms with Gasteiger partial charge in [-0.05, 0) is 56.4 Å². The van der Waals surface area contributed by atoms with E-state index in [1.807, 2.05) is 4.57 Å². The van der Waals surface area contributed by atoms with Crippen molar-refractivity contribution < 1.29 is 27.5 Å². The van der Waals surface area contributed by atoms with Gasteiger partial charge in [-0.15, -0.1) is 26.6 Å². The number of nitrogens with one attached hydrogen (secondary N) is 3. The van der Waals surface area contributed by atoms with E-state index in [1.165, 1.54) is 22.1 Å². The molecule has 0 unspecified atom stereocenters. The Hall–Kier alpha value is -3.62. The predicted molar refractivity (Wildman–Crippen MR) is 140 cm³/mol. The number of alkyl halides is 3. The monoisotopic (exact) mass is 578 g/mol. The quantitative estimate of drug-likeness (QED) is 0.332. The number of rotatable bonds is 10. The molecule has 0 spiro atoms. The van der Waals surface area contributed by atoms with E-state index in [0.29, 0.717) is 54.6 Å². The Labute approximate surface area is 231 Å². The largest absolute Gasteiger partial charge is 0.415 e. The summed E-state index contributed by atoms with van der Waals surface area (Å²) in [5.74, 6) is 0.309. The maximum absolute atomic E-state index is 13.4. The highest BCUT2D eigenvalue weighted by atomic mass is 32.1. The highest BCUT2D eigenvalue weighted by molar-refractivity contribution is 7.17. The first-order valence-corrected chi connectivity index (χ1v) is 14.1. The van der Waals surface area contributed by atoms with Crippen molar-refractivity contribution in [3.63, 3.8) is 0 Å². The van der Waals surface area contributed by atoms with Gasteiger partial charge in [0.1, 0.15) is 23.3 Å². The number of hydrogen-bond acceptors (Lipinski definition) is 8. The van der Waals surface area contributed by atoms with Crippen LogP contribution in [0.1, 0.15) is 58.9 Å². The molecule has 1 atom stereocenters. The molecule has 3 heterocycles. The third-order valence-electron chi connectivity index (χ3n) is 7.65. The smallest absolute Gasteiger partial charge is 0.388 e. The third-order valence-corrected chi connectivity index (χ3v) is 8.86. The molecule has 40 heavy (non-hydrogen) atoms. The van der Waals surface area contributed by atoms with Crippen molar-refractivity contribution in [1.29, 1.82) is 0 Å². The normalized spacial score (nSPS) is 22.0. The zero-order chi connectivity index (χ0) is 28.0. The average Bonchev–Trinajstić information content (AvgIpc) is 3.41. The molecule has 0 bridgehead atoms. The molecule has 11 nitrogen and oxygen atoms in total. The first-order valence-electron chi connectivity index (χ1n) is 13.3. The van der Waals surface area contributed by atoms with Gasteiger partial charge in [-0.2, -0.15) is 8.78 Å². The molecule has 3 aromatic heterocycles. The summed E-state index contributed by atoms with van der Waals surface area (Å²) in [6.07, 6.45) is 5.31. The lowest BCUT2D eigenvalue weighted by Crippen LogP contribution is -2.37. The van der Waals surface area contributed by atoms with Crippen LogP contribution in [0.3, 0.4) is 0 Å². The van der Waals surface area contributed by atoms with E-state index in [4.69, 9.17) is 0 Å². The summed E-state index contributed by atoms with van der Waals surface area (Å²) >= 11 is 1.44. The van der Waals surface area contributed by atoms with Crippen LogP contribution in [-0.4, -0.2) is 55.7 Å². The average molecular weight is 579 g/mol. The molecule has 0 aromatic carbocycles. The topological polar surface area (TPSA) is 128 Å². The van der Waals surface area contributed by atoms with Crippen molar-refractivity contribution in [2.45, 2.75) is 63.8 Å². The van der Waals surface area contributed by atoms with Gasteiger partial charge < -0.3 is 20.7 Å². The Morgan fingerprint density at radius 1 is 1.25 bits per heavy atom. The molecule has 2 saturated carbocycles. The van der Waals surface area contributed by atoms with Crippen LogP contribution in [-0.2, 0) is 24.7 Å². The van der Waals surface area contributed by atoms with E-state index in [1.54, 1.807) is 13.4 Å². The first kappa shape index (κ1) is 26.6. The molecule has 0 radical (unpaired) electrons. The molecule has 2 amide bonds. The summed E-state index contributed by atoms with van der Waals surface area (Å²) in [5.41, 5.74) is 1.34. The van der Waals surface area contributed by atoms with Gasteiger partial charge in [0.05, 0.1) is 5.56 Å². The number of aryl methyl sites for hydroxylation is 2. The van der Waals surface area contributed by atoms with Crippen LogP contribution >= 0.6 is 11.3 Å². The van der Waals surface area contributed by atoms with Gasteiger partial charge in [0.25, 0.3) is 5.91 Å². The molecule has 3 aliphatic rings. The molecule has 214 valence electrons. The van der Waals surface area contributed by atoms with Crippen molar-refractivity contribution in [3.8, 4) is 5.88 Å². The lowest BCUT2D eigenvalue weighted by Gasteiger charge is -2.29. The highest BCUT2D eigenvalue weighted by Crippen LogP contribution is 2.43. The molecule has 3 aliphatic carbocycles.